The number of carbonyl (C=O) groups is 2. The van der Waals surface area contributed by atoms with Crippen LogP contribution in [0.3, 0.4) is 0 Å². The van der Waals surface area contributed by atoms with Gasteiger partial charge >= 0.3 is 5.97 Å². The molecule has 0 radical (unpaired) electrons. The van der Waals surface area contributed by atoms with Gasteiger partial charge in [0, 0.05) is 11.6 Å². The van der Waals surface area contributed by atoms with Gasteiger partial charge in [0.25, 0.3) is 5.91 Å². The number of aliphatic carboxylic acids is 1. The number of aromatic amines is 1. The van der Waals surface area contributed by atoms with E-state index in [4.69, 9.17) is 5.11 Å². The number of hydrogen-bond acceptors (Lipinski definition) is 3. The summed E-state index contributed by atoms with van der Waals surface area (Å²) in [6, 6.07) is 4.70. The third kappa shape index (κ3) is 3.59. The number of imidazole rings is 1. The highest BCUT2D eigenvalue weighted by molar-refractivity contribution is 5.97. The van der Waals surface area contributed by atoms with Crippen molar-refractivity contribution in [2.45, 2.75) is 33.2 Å². The highest BCUT2D eigenvalue weighted by atomic mass is 16.4. The Labute approximate surface area is 122 Å². The van der Waals surface area contributed by atoms with Crippen molar-refractivity contribution in [3.8, 4) is 0 Å². The first-order chi connectivity index (χ1) is 9.77. The number of H-pyrrole nitrogens is 1. The normalized spacial score (nSPS) is 13.1. The maximum absolute atomic E-state index is 12.3. The van der Waals surface area contributed by atoms with Gasteiger partial charge in [-0.2, -0.15) is 0 Å². The molecule has 1 atom stereocenters. The number of nitrogens with one attached hydrogen (secondary N) is 2. The molecule has 0 aliphatic rings. The summed E-state index contributed by atoms with van der Waals surface area (Å²) in [5.41, 5.74) is 1.69. The predicted octanol–water partition coefficient (Wildman–Crippen LogP) is 2.18. The second-order valence-electron chi connectivity index (χ2n) is 6.12. The molecule has 21 heavy (non-hydrogen) atoms. The van der Waals surface area contributed by atoms with Gasteiger partial charge in [-0.1, -0.05) is 20.8 Å². The van der Waals surface area contributed by atoms with Crippen molar-refractivity contribution in [1.29, 1.82) is 0 Å². The van der Waals surface area contributed by atoms with Crippen LogP contribution in [0.15, 0.2) is 24.5 Å². The molecule has 1 heterocycles. The Balaban J connectivity index is 2.19. The van der Waals surface area contributed by atoms with Gasteiger partial charge in [0.1, 0.15) is 0 Å². The van der Waals surface area contributed by atoms with E-state index < -0.39 is 12.0 Å². The summed E-state index contributed by atoms with van der Waals surface area (Å²) in [6.45, 7) is 5.71. The van der Waals surface area contributed by atoms with Crippen molar-refractivity contribution >= 4 is 22.9 Å². The van der Waals surface area contributed by atoms with Crippen molar-refractivity contribution in [2.75, 3.05) is 0 Å². The lowest BCUT2D eigenvalue weighted by molar-refractivity contribution is -0.138. The van der Waals surface area contributed by atoms with Crippen molar-refractivity contribution in [2.24, 2.45) is 5.41 Å². The smallest absolute Gasteiger partial charge is 0.305 e. The lowest BCUT2D eigenvalue weighted by atomic mass is 9.84. The van der Waals surface area contributed by atoms with Crippen LogP contribution in [0.5, 0.6) is 0 Å². The van der Waals surface area contributed by atoms with E-state index in [2.05, 4.69) is 15.3 Å². The minimum absolute atomic E-state index is 0.110. The Morgan fingerprint density at radius 1 is 1.38 bits per heavy atom. The first kappa shape index (κ1) is 15.0. The van der Waals surface area contributed by atoms with Crippen LogP contribution in [0.4, 0.5) is 0 Å². The molecule has 0 saturated carbocycles. The number of carboxylic acid groups (broad SMARTS) is 1. The first-order valence-electron chi connectivity index (χ1n) is 6.73. The first-order valence-corrected chi connectivity index (χ1v) is 6.73. The van der Waals surface area contributed by atoms with Crippen LogP contribution in [0, 0.1) is 5.41 Å². The molecule has 2 rings (SSSR count). The second kappa shape index (κ2) is 5.55. The molecule has 6 nitrogen and oxygen atoms in total. The highest BCUT2D eigenvalue weighted by Crippen LogP contribution is 2.22. The van der Waals surface area contributed by atoms with Crippen LogP contribution < -0.4 is 5.32 Å². The lowest BCUT2D eigenvalue weighted by Gasteiger charge is -2.30. The summed E-state index contributed by atoms with van der Waals surface area (Å²) in [5, 5.41) is 11.8. The molecule has 1 unspecified atom stereocenters. The summed E-state index contributed by atoms with van der Waals surface area (Å²) >= 11 is 0. The van der Waals surface area contributed by atoms with E-state index in [1.54, 1.807) is 24.5 Å². The molecule has 112 valence electrons. The quantitative estimate of drug-likeness (QED) is 0.804. The van der Waals surface area contributed by atoms with Crippen LogP contribution in [0.2, 0.25) is 0 Å². The summed E-state index contributed by atoms with van der Waals surface area (Å²) in [6.07, 6.45) is 1.45. The summed E-state index contributed by atoms with van der Waals surface area (Å²) in [7, 11) is 0. The average Bonchev–Trinajstić information content (AvgIpc) is 2.83. The molecule has 0 bridgehead atoms. The van der Waals surface area contributed by atoms with Crippen molar-refractivity contribution in [3.05, 3.63) is 30.1 Å². The number of amides is 1. The second-order valence-corrected chi connectivity index (χ2v) is 6.12. The van der Waals surface area contributed by atoms with Crippen LogP contribution in [-0.4, -0.2) is 33.0 Å². The van der Waals surface area contributed by atoms with Crippen LogP contribution in [0.1, 0.15) is 37.6 Å². The molecule has 3 N–H and O–H groups in total. The zero-order chi connectivity index (χ0) is 15.6. The third-order valence-corrected chi connectivity index (χ3v) is 3.41. The Morgan fingerprint density at radius 3 is 2.71 bits per heavy atom. The molecular weight excluding hydrogens is 270 g/mol. The molecule has 0 aliphatic heterocycles. The Bertz CT molecular complexity index is 670. The summed E-state index contributed by atoms with van der Waals surface area (Å²) in [5.74, 6) is -1.22. The van der Waals surface area contributed by atoms with Gasteiger partial charge in [0.05, 0.1) is 23.8 Å². The van der Waals surface area contributed by atoms with E-state index in [-0.39, 0.29) is 17.7 Å². The van der Waals surface area contributed by atoms with Crippen molar-refractivity contribution < 1.29 is 14.7 Å². The Kier molecular flexibility index (Phi) is 3.97. The number of carbonyl (C=O) groups excluding carboxylic acids is 1. The zero-order valence-corrected chi connectivity index (χ0v) is 12.3. The van der Waals surface area contributed by atoms with Crippen LogP contribution in [0.25, 0.3) is 11.0 Å². The standard InChI is InChI=1S/C15H19N3O3/c1-15(2,3)12(7-13(19)20)18-14(21)9-4-5-10-11(6-9)17-8-16-10/h4-6,8,12H,7H2,1-3H3,(H,16,17)(H,18,21)(H,19,20). The fourth-order valence-corrected chi connectivity index (χ4v) is 2.07. The van der Waals surface area contributed by atoms with Gasteiger partial charge in [-0.15, -0.1) is 0 Å². The maximum Gasteiger partial charge on any atom is 0.305 e. The molecule has 0 saturated heterocycles. The number of fused-ring (bicyclic) bond motifs is 1. The Morgan fingerprint density at radius 2 is 2.10 bits per heavy atom. The number of rotatable bonds is 4. The summed E-state index contributed by atoms with van der Waals surface area (Å²) in [4.78, 5) is 30.3. The van der Waals surface area contributed by atoms with Gasteiger partial charge in [0.2, 0.25) is 0 Å². The largest absolute Gasteiger partial charge is 0.481 e. The zero-order valence-electron chi connectivity index (χ0n) is 12.3. The van der Waals surface area contributed by atoms with Crippen LogP contribution >= 0.6 is 0 Å². The van der Waals surface area contributed by atoms with Gasteiger partial charge in [-0.3, -0.25) is 9.59 Å². The van der Waals surface area contributed by atoms with Crippen molar-refractivity contribution in [3.63, 3.8) is 0 Å². The van der Waals surface area contributed by atoms with Gasteiger partial charge < -0.3 is 15.4 Å². The number of aromatic nitrogens is 2. The molecule has 6 heteroatoms. The van der Waals surface area contributed by atoms with E-state index in [0.717, 1.165) is 11.0 Å². The number of carboxylic acids is 1. The van der Waals surface area contributed by atoms with E-state index >= 15 is 0 Å². The van der Waals surface area contributed by atoms with Crippen LogP contribution in [-0.2, 0) is 4.79 Å². The molecule has 1 aromatic carbocycles. The number of hydrogen-bond donors (Lipinski definition) is 3. The summed E-state index contributed by atoms with van der Waals surface area (Å²) < 4.78 is 0. The topological polar surface area (TPSA) is 95.1 Å². The molecule has 1 amide bonds. The van der Waals surface area contributed by atoms with E-state index in [9.17, 15) is 9.59 Å². The monoisotopic (exact) mass is 289 g/mol. The lowest BCUT2D eigenvalue weighted by Crippen LogP contribution is -2.45. The van der Waals surface area contributed by atoms with E-state index in [1.165, 1.54) is 0 Å². The fraction of sp³-hybridized carbons (Fsp3) is 0.400. The molecule has 0 fully saturated rings. The molecular formula is C15H19N3O3. The minimum atomic E-state index is -0.931. The molecule has 1 aromatic heterocycles. The SMILES string of the molecule is CC(C)(C)C(CC(=O)O)NC(=O)c1ccc2nc[nH]c2c1. The third-order valence-electron chi connectivity index (χ3n) is 3.41. The molecule has 2 aromatic rings. The minimum Gasteiger partial charge on any atom is -0.481 e. The fourth-order valence-electron chi connectivity index (χ4n) is 2.07. The molecule has 0 spiro atoms. The highest BCUT2D eigenvalue weighted by Gasteiger charge is 2.28. The number of nitrogens with zero attached hydrogens (tertiary/aromatic N) is 1. The van der Waals surface area contributed by atoms with Gasteiger partial charge in [-0.05, 0) is 23.6 Å². The predicted molar refractivity (Wildman–Crippen MR) is 79.1 cm³/mol. The van der Waals surface area contributed by atoms with Gasteiger partial charge in [0.15, 0.2) is 0 Å². The van der Waals surface area contributed by atoms with Crippen molar-refractivity contribution in [1.82, 2.24) is 15.3 Å². The molecule has 0 aliphatic carbocycles. The van der Waals surface area contributed by atoms with E-state index in [1.807, 2.05) is 20.8 Å². The van der Waals surface area contributed by atoms with Gasteiger partial charge in [-0.25, -0.2) is 4.98 Å². The van der Waals surface area contributed by atoms with E-state index in [0.29, 0.717) is 5.56 Å². The average molecular weight is 289 g/mol. The Hall–Kier alpha value is -2.37. The number of benzene rings is 1. The maximum atomic E-state index is 12.3.